The number of benzene rings is 1. The van der Waals surface area contributed by atoms with Crippen LogP contribution < -0.4 is 5.32 Å². The topological polar surface area (TPSA) is 84.8 Å². The molecule has 2 aromatic heterocycles. The van der Waals surface area contributed by atoms with Crippen molar-refractivity contribution in [3.05, 3.63) is 42.5 Å². The lowest BCUT2D eigenvalue weighted by molar-refractivity contribution is 0.00401. The number of anilines is 1. The van der Waals surface area contributed by atoms with Gasteiger partial charge in [-0.2, -0.15) is 5.10 Å². The molecule has 1 amide bonds. The van der Waals surface area contributed by atoms with E-state index in [1.165, 1.54) is 6.42 Å². The molecule has 0 bridgehead atoms. The molecule has 124 valence electrons. The van der Waals surface area contributed by atoms with Crippen molar-refractivity contribution in [1.29, 1.82) is 0 Å². The van der Waals surface area contributed by atoms with E-state index in [0.29, 0.717) is 11.3 Å². The summed E-state index contributed by atoms with van der Waals surface area (Å²) < 4.78 is 7.54. The van der Waals surface area contributed by atoms with E-state index in [2.05, 4.69) is 20.4 Å². The van der Waals surface area contributed by atoms with Gasteiger partial charge in [0.15, 0.2) is 0 Å². The molecule has 7 nitrogen and oxygen atoms in total. The standard InChI is InChI=1S/C17H19N5O2/c23-17(12-4-5-15-16(7-12)19-11-18-15)21-13-8-20-22(9-13)10-14-3-1-2-6-24-14/h4-5,7-9,11,14H,1-3,6,10H2,(H,18,19)(H,21,23)/t14-/m0/s1. The molecular formula is C17H19N5O2. The van der Waals surface area contributed by atoms with Gasteiger partial charge in [0.05, 0.1) is 41.9 Å². The minimum Gasteiger partial charge on any atom is -0.376 e. The number of rotatable bonds is 4. The number of nitrogens with one attached hydrogen (secondary N) is 2. The number of nitrogens with zero attached hydrogens (tertiary/aromatic N) is 3. The van der Waals surface area contributed by atoms with Gasteiger partial charge in [-0.1, -0.05) is 0 Å². The van der Waals surface area contributed by atoms with Gasteiger partial charge in [-0.3, -0.25) is 9.48 Å². The molecule has 1 fully saturated rings. The molecule has 7 heteroatoms. The lowest BCUT2D eigenvalue weighted by Crippen LogP contribution is -2.24. The molecule has 0 spiro atoms. The number of aromatic amines is 1. The fourth-order valence-corrected chi connectivity index (χ4v) is 2.97. The van der Waals surface area contributed by atoms with E-state index < -0.39 is 0 Å². The number of amides is 1. The molecule has 1 saturated heterocycles. The molecule has 0 saturated carbocycles. The van der Waals surface area contributed by atoms with E-state index in [0.717, 1.165) is 37.0 Å². The number of ether oxygens (including phenoxy) is 1. The second-order valence-electron chi connectivity index (χ2n) is 6.03. The van der Waals surface area contributed by atoms with Crippen molar-refractivity contribution in [2.75, 3.05) is 11.9 Å². The zero-order valence-electron chi connectivity index (χ0n) is 13.2. The van der Waals surface area contributed by atoms with Crippen LogP contribution in [-0.2, 0) is 11.3 Å². The van der Waals surface area contributed by atoms with Crippen molar-refractivity contribution >= 4 is 22.6 Å². The molecule has 1 aliphatic heterocycles. The van der Waals surface area contributed by atoms with Gasteiger partial charge >= 0.3 is 0 Å². The third kappa shape index (κ3) is 3.16. The van der Waals surface area contributed by atoms with Crippen molar-refractivity contribution in [2.45, 2.75) is 31.9 Å². The molecule has 1 aromatic carbocycles. The van der Waals surface area contributed by atoms with Gasteiger partial charge in [-0.25, -0.2) is 4.98 Å². The van der Waals surface area contributed by atoms with Crippen LogP contribution >= 0.6 is 0 Å². The van der Waals surface area contributed by atoms with Crippen LogP contribution in [0.4, 0.5) is 5.69 Å². The van der Waals surface area contributed by atoms with Crippen LogP contribution in [0.15, 0.2) is 36.9 Å². The Labute approximate surface area is 139 Å². The van der Waals surface area contributed by atoms with Crippen molar-refractivity contribution in [2.24, 2.45) is 0 Å². The number of fused-ring (bicyclic) bond motifs is 1. The first-order valence-electron chi connectivity index (χ1n) is 8.16. The second-order valence-corrected chi connectivity index (χ2v) is 6.03. The van der Waals surface area contributed by atoms with Crippen molar-refractivity contribution in [3.63, 3.8) is 0 Å². The predicted octanol–water partition coefficient (Wildman–Crippen LogP) is 2.58. The highest BCUT2D eigenvalue weighted by Crippen LogP contribution is 2.16. The number of carbonyl (C=O) groups excluding carboxylic acids is 1. The second kappa shape index (κ2) is 6.45. The molecule has 3 heterocycles. The third-order valence-corrected chi connectivity index (χ3v) is 4.24. The van der Waals surface area contributed by atoms with Gasteiger partial charge in [0.2, 0.25) is 0 Å². The predicted molar refractivity (Wildman–Crippen MR) is 89.9 cm³/mol. The fraction of sp³-hybridized carbons (Fsp3) is 0.353. The highest BCUT2D eigenvalue weighted by atomic mass is 16.5. The Morgan fingerprint density at radius 2 is 2.38 bits per heavy atom. The Bertz CT molecular complexity index is 847. The summed E-state index contributed by atoms with van der Waals surface area (Å²) in [6, 6.07) is 5.38. The molecule has 24 heavy (non-hydrogen) atoms. The van der Waals surface area contributed by atoms with Crippen LogP contribution in [-0.4, -0.2) is 38.4 Å². The molecular weight excluding hydrogens is 306 g/mol. The molecule has 0 unspecified atom stereocenters. The van der Waals surface area contributed by atoms with E-state index in [-0.39, 0.29) is 12.0 Å². The first kappa shape index (κ1) is 14.9. The Morgan fingerprint density at radius 1 is 1.42 bits per heavy atom. The van der Waals surface area contributed by atoms with Crippen molar-refractivity contribution < 1.29 is 9.53 Å². The normalized spacial score (nSPS) is 17.9. The van der Waals surface area contributed by atoms with Crippen LogP contribution in [0.1, 0.15) is 29.6 Å². The molecule has 0 aliphatic carbocycles. The van der Waals surface area contributed by atoms with Gasteiger partial charge in [0.1, 0.15) is 0 Å². The SMILES string of the molecule is O=C(Nc1cnn(C[C@@H]2CCCCO2)c1)c1ccc2nc[nH]c2c1. The maximum absolute atomic E-state index is 12.4. The highest BCUT2D eigenvalue weighted by molar-refractivity contribution is 6.05. The van der Waals surface area contributed by atoms with E-state index in [1.54, 1.807) is 24.7 Å². The number of hydrogen-bond donors (Lipinski definition) is 2. The number of carbonyl (C=O) groups is 1. The minimum atomic E-state index is -0.167. The van der Waals surface area contributed by atoms with Crippen molar-refractivity contribution in [3.8, 4) is 0 Å². The van der Waals surface area contributed by atoms with Gasteiger partial charge in [0, 0.05) is 18.4 Å². The highest BCUT2D eigenvalue weighted by Gasteiger charge is 2.15. The first-order valence-corrected chi connectivity index (χ1v) is 8.16. The van der Waals surface area contributed by atoms with E-state index in [9.17, 15) is 4.79 Å². The largest absolute Gasteiger partial charge is 0.376 e. The lowest BCUT2D eigenvalue weighted by Gasteiger charge is -2.22. The van der Waals surface area contributed by atoms with Crippen LogP contribution in [0.2, 0.25) is 0 Å². The summed E-state index contributed by atoms with van der Waals surface area (Å²) in [5.41, 5.74) is 2.94. The van der Waals surface area contributed by atoms with Gasteiger partial charge < -0.3 is 15.0 Å². The maximum Gasteiger partial charge on any atom is 0.255 e. The van der Waals surface area contributed by atoms with Crippen LogP contribution in [0, 0.1) is 0 Å². The number of imidazole rings is 1. The zero-order valence-corrected chi connectivity index (χ0v) is 13.2. The summed E-state index contributed by atoms with van der Waals surface area (Å²) in [6.45, 7) is 1.54. The van der Waals surface area contributed by atoms with Crippen molar-refractivity contribution in [1.82, 2.24) is 19.7 Å². The molecule has 3 aromatic rings. The summed E-state index contributed by atoms with van der Waals surface area (Å²) >= 11 is 0. The summed E-state index contributed by atoms with van der Waals surface area (Å²) in [5, 5.41) is 7.18. The Kier molecular flexibility index (Phi) is 4.00. The fourth-order valence-electron chi connectivity index (χ4n) is 2.97. The average molecular weight is 325 g/mol. The third-order valence-electron chi connectivity index (χ3n) is 4.24. The number of hydrogen-bond acceptors (Lipinski definition) is 4. The Hall–Kier alpha value is -2.67. The molecule has 1 aliphatic rings. The van der Waals surface area contributed by atoms with Gasteiger partial charge in [-0.15, -0.1) is 0 Å². The average Bonchev–Trinajstić information content (AvgIpc) is 3.24. The first-order chi connectivity index (χ1) is 11.8. The van der Waals surface area contributed by atoms with Gasteiger partial charge in [-0.05, 0) is 37.5 Å². The molecule has 4 rings (SSSR count). The summed E-state index contributed by atoms with van der Waals surface area (Å²) in [4.78, 5) is 19.5. The number of aromatic nitrogens is 4. The van der Waals surface area contributed by atoms with E-state index >= 15 is 0 Å². The Morgan fingerprint density at radius 3 is 3.25 bits per heavy atom. The lowest BCUT2D eigenvalue weighted by atomic mass is 10.1. The van der Waals surface area contributed by atoms with Crippen LogP contribution in [0.5, 0.6) is 0 Å². The summed E-state index contributed by atoms with van der Waals surface area (Å²) in [6.07, 6.45) is 8.73. The monoisotopic (exact) mass is 325 g/mol. The molecule has 1 atom stereocenters. The molecule has 2 N–H and O–H groups in total. The quantitative estimate of drug-likeness (QED) is 0.772. The maximum atomic E-state index is 12.4. The van der Waals surface area contributed by atoms with E-state index in [4.69, 9.17) is 4.74 Å². The van der Waals surface area contributed by atoms with Crippen LogP contribution in [0.25, 0.3) is 11.0 Å². The van der Waals surface area contributed by atoms with Crippen LogP contribution in [0.3, 0.4) is 0 Å². The molecule has 0 radical (unpaired) electrons. The van der Waals surface area contributed by atoms with E-state index in [1.807, 2.05) is 16.9 Å². The summed E-state index contributed by atoms with van der Waals surface area (Å²) in [5.74, 6) is -0.167. The zero-order chi connectivity index (χ0) is 16.4. The summed E-state index contributed by atoms with van der Waals surface area (Å²) in [7, 11) is 0. The van der Waals surface area contributed by atoms with Gasteiger partial charge in [0.25, 0.3) is 5.91 Å². The number of H-pyrrole nitrogens is 1. The smallest absolute Gasteiger partial charge is 0.255 e. The Balaban J connectivity index is 1.41. The minimum absolute atomic E-state index is 0.167.